The van der Waals surface area contributed by atoms with Crippen LogP contribution in [-0.2, 0) is 11.3 Å². The van der Waals surface area contributed by atoms with Crippen molar-refractivity contribution in [1.82, 2.24) is 15.2 Å². The lowest BCUT2D eigenvalue weighted by Crippen LogP contribution is -2.43. The number of piperidine rings is 1. The lowest BCUT2D eigenvalue weighted by Gasteiger charge is -2.37. The quantitative estimate of drug-likeness (QED) is 0.612. The van der Waals surface area contributed by atoms with Crippen molar-refractivity contribution in [3.63, 3.8) is 0 Å². The Morgan fingerprint density at radius 3 is 2.84 bits per heavy atom. The Labute approximate surface area is 190 Å². The van der Waals surface area contributed by atoms with Gasteiger partial charge in [-0.15, -0.1) is 11.3 Å². The van der Waals surface area contributed by atoms with Crippen molar-refractivity contribution in [2.45, 2.75) is 71.1 Å². The van der Waals surface area contributed by atoms with Crippen molar-refractivity contribution in [2.24, 2.45) is 11.8 Å². The molecule has 2 aromatic rings. The molecule has 6 heteroatoms. The van der Waals surface area contributed by atoms with Crippen LogP contribution in [0.25, 0.3) is 0 Å². The van der Waals surface area contributed by atoms with E-state index in [1.54, 1.807) is 11.3 Å². The van der Waals surface area contributed by atoms with E-state index in [0.29, 0.717) is 12.0 Å². The summed E-state index contributed by atoms with van der Waals surface area (Å²) in [5.41, 5.74) is 1.30. The monoisotopic (exact) mass is 441 g/mol. The molecule has 2 heterocycles. The van der Waals surface area contributed by atoms with Gasteiger partial charge in [-0.1, -0.05) is 26.0 Å². The van der Waals surface area contributed by atoms with E-state index in [9.17, 15) is 4.79 Å². The van der Waals surface area contributed by atoms with E-state index in [1.165, 1.54) is 31.2 Å². The minimum atomic E-state index is -0.0234. The molecule has 1 N–H and O–H groups in total. The van der Waals surface area contributed by atoms with Gasteiger partial charge in [0.25, 0.3) is 0 Å². The molecule has 4 rings (SSSR count). The number of carbonyl (C=O) groups excluding carboxylic acids is 1. The van der Waals surface area contributed by atoms with Gasteiger partial charge in [-0.25, -0.2) is 4.98 Å². The molecule has 1 aliphatic carbocycles. The van der Waals surface area contributed by atoms with E-state index >= 15 is 0 Å². The lowest BCUT2D eigenvalue weighted by molar-refractivity contribution is -0.125. The number of amides is 1. The van der Waals surface area contributed by atoms with Gasteiger partial charge < -0.3 is 10.1 Å². The summed E-state index contributed by atoms with van der Waals surface area (Å²) in [6, 6.07) is 8.60. The number of thiazole rings is 1. The molecule has 1 aromatic heterocycles. The topological polar surface area (TPSA) is 54.5 Å². The highest BCUT2D eigenvalue weighted by molar-refractivity contribution is 7.09. The Hall–Kier alpha value is -1.92. The maximum atomic E-state index is 12.5. The Morgan fingerprint density at radius 1 is 1.26 bits per heavy atom. The van der Waals surface area contributed by atoms with Gasteiger partial charge in [0.1, 0.15) is 10.8 Å². The minimum absolute atomic E-state index is 0.00488. The number of benzene rings is 1. The molecule has 0 spiro atoms. The first-order valence-electron chi connectivity index (χ1n) is 11.8. The molecule has 1 saturated carbocycles. The summed E-state index contributed by atoms with van der Waals surface area (Å²) < 4.78 is 6.21. The molecule has 1 saturated heterocycles. The van der Waals surface area contributed by atoms with Gasteiger partial charge >= 0.3 is 0 Å². The van der Waals surface area contributed by atoms with Crippen LogP contribution in [0.3, 0.4) is 0 Å². The second kappa shape index (κ2) is 10.6. The summed E-state index contributed by atoms with van der Waals surface area (Å²) in [5, 5.41) is 6.31. The molecule has 168 valence electrons. The summed E-state index contributed by atoms with van der Waals surface area (Å²) in [6.07, 6.45) is 9.41. The molecular formula is C25H35N3O2S. The van der Waals surface area contributed by atoms with Crippen LogP contribution in [0.4, 0.5) is 0 Å². The normalized spacial score (nSPS) is 21.3. The molecule has 5 nitrogen and oxygen atoms in total. The molecule has 0 bridgehead atoms. The van der Waals surface area contributed by atoms with E-state index in [1.807, 2.05) is 25.4 Å². The number of likely N-dealkylation sites (tertiary alicyclic amines) is 1. The maximum absolute atomic E-state index is 12.5. The SMILES string of the molecule is CC(C)C(=O)N[C@@H](c1nccs1)[C@H]1CCCN(Cc2cccc(OC3CCCC3)c2)C1. The number of nitrogens with zero attached hydrogens (tertiary/aromatic N) is 2. The van der Waals surface area contributed by atoms with Gasteiger partial charge in [-0.2, -0.15) is 0 Å². The molecular weight excluding hydrogens is 406 g/mol. The van der Waals surface area contributed by atoms with Crippen LogP contribution < -0.4 is 10.1 Å². The van der Waals surface area contributed by atoms with Crippen molar-refractivity contribution < 1.29 is 9.53 Å². The fourth-order valence-electron chi connectivity index (χ4n) is 4.77. The average Bonchev–Trinajstić information content (AvgIpc) is 3.46. The molecule has 31 heavy (non-hydrogen) atoms. The summed E-state index contributed by atoms with van der Waals surface area (Å²) in [6.45, 7) is 6.87. The third-order valence-electron chi connectivity index (χ3n) is 6.46. The van der Waals surface area contributed by atoms with Crippen LogP contribution in [0.15, 0.2) is 35.8 Å². The van der Waals surface area contributed by atoms with E-state index in [-0.39, 0.29) is 17.9 Å². The number of aromatic nitrogens is 1. The second-order valence-electron chi connectivity index (χ2n) is 9.32. The molecule has 1 aliphatic heterocycles. The van der Waals surface area contributed by atoms with Crippen LogP contribution in [0.5, 0.6) is 5.75 Å². The van der Waals surface area contributed by atoms with E-state index in [2.05, 4.69) is 39.5 Å². The first-order chi connectivity index (χ1) is 15.1. The molecule has 0 radical (unpaired) electrons. The smallest absolute Gasteiger partial charge is 0.223 e. The zero-order chi connectivity index (χ0) is 21.6. The molecule has 1 amide bonds. The first-order valence-corrected chi connectivity index (χ1v) is 12.6. The number of ether oxygens (including phenoxy) is 1. The fraction of sp³-hybridized carbons (Fsp3) is 0.600. The van der Waals surface area contributed by atoms with E-state index in [0.717, 1.165) is 43.2 Å². The van der Waals surface area contributed by atoms with Crippen LogP contribution in [0, 0.1) is 11.8 Å². The van der Waals surface area contributed by atoms with Gasteiger partial charge in [0.05, 0.1) is 12.1 Å². The third kappa shape index (κ3) is 6.07. The van der Waals surface area contributed by atoms with Gasteiger partial charge in [-0.05, 0) is 68.7 Å². The fourth-order valence-corrected chi connectivity index (χ4v) is 5.55. The number of carbonyl (C=O) groups is 1. The largest absolute Gasteiger partial charge is 0.490 e. The molecule has 2 fully saturated rings. The lowest BCUT2D eigenvalue weighted by atomic mass is 9.90. The number of hydrogen-bond donors (Lipinski definition) is 1. The van der Waals surface area contributed by atoms with Gasteiger partial charge in [0.2, 0.25) is 5.91 Å². The highest BCUT2D eigenvalue weighted by Gasteiger charge is 2.31. The number of rotatable bonds is 8. The summed E-state index contributed by atoms with van der Waals surface area (Å²) in [5.74, 6) is 1.46. The predicted octanol–water partition coefficient (Wildman–Crippen LogP) is 5.19. The zero-order valence-corrected chi connectivity index (χ0v) is 19.6. The zero-order valence-electron chi connectivity index (χ0n) is 18.8. The first kappa shape index (κ1) is 22.3. The molecule has 2 aliphatic rings. The summed E-state index contributed by atoms with van der Waals surface area (Å²) in [4.78, 5) is 19.5. The van der Waals surface area contributed by atoms with Crippen LogP contribution in [-0.4, -0.2) is 35.0 Å². The van der Waals surface area contributed by atoms with E-state index in [4.69, 9.17) is 4.74 Å². The van der Waals surface area contributed by atoms with Gasteiger partial charge in [-0.3, -0.25) is 9.69 Å². The Bertz CT molecular complexity index is 833. The minimum Gasteiger partial charge on any atom is -0.490 e. The van der Waals surface area contributed by atoms with Crippen molar-refractivity contribution in [1.29, 1.82) is 0 Å². The number of nitrogens with one attached hydrogen (secondary N) is 1. The van der Waals surface area contributed by atoms with Crippen LogP contribution >= 0.6 is 11.3 Å². The second-order valence-corrected chi connectivity index (χ2v) is 10.2. The molecule has 1 aromatic carbocycles. The maximum Gasteiger partial charge on any atom is 0.223 e. The van der Waals surface area contributed by atoms with Crippen molar-refractivity contribution in [3.05, 3.63) is 46.4 Å². The van der Waals surface area contributed by atoms with E-state index < -0.39 is 0 Å². The number of hydrogen-bond acceptors (Lipinski definition) is 5. The summed E-state index contributed by atoms with van der Waals surface area (Å²) >= 11 is 1.64. The Balaban J connectivity index is 1.40. The van der Waals surface area contributed by atoms with Crippen molar-refractivity contribution >= 4 is 17.2 Å². The van der Waals surface area contributed by atoms with Gasteiger partial charge in [0.15, 0.2) is 0 Å². The highest BCUT2D eigenvalue weighted by Crippen LogP contribution is 2.32. The Kier molecular flexibility index (Phi) is 7.62. The van der Waals surface area contributed by atoms with Gasteiger partial charge in [0, 0.05) is 30.6 Å². The standard InChI is InChI=1S/C25H35N3O2S/c1-18(2)24(29)27-23(25-26-12-14-31-25)20-8-6-13-28(17-20)16-19-7-5-11-22(15-19)30-21-9-3-4-10-21/h5,7,11-12,14-15,18,20-21,23H,3-4,6,8-10,13,16-17H2,1-2H3,(H,27,29)/t20-,23+/m0/s1. The predicted molar refractivity (Wildman–Crippen MR) is 125 cm³/mol. The summed E-state index contributed by atoms with van der Waals surface area (Å²) in [7, 11) is 0. The van der Waals surface area contributed by atoms with Crippen molar-refractivity contribution in [2.75, 3.05) is 13.1 Å². The third-order valence-corrected chi connectivity index (χ3v) is 7.32. The van der Waals surface area contributed by atoms with Crippen LogP contribution in [0.2, 0.25) is 0 Å². The Morgan fingerprint density at radius 2 is 2.10 bits per heavy atom. The highest BCUT2D eigenvalue weighted by atomic mass is 32.1. The molecule has 2 atom stereocenters. The molecule has 0 unspecified atom stereocenters. The van der Waals surface area contributed by atoms with Crippen LogP contribution in [0.1, 0.15) is 69.0 Å². The average molecular weight is 442 g/mol. The van der Waals surface area contributed by atoms with Crippen molar-refractivity contribution in [3.8, 4) is 5.75 Å².